The summed E-state index contributed by atoms with van der Waals surface area (Å²) in [5.41, 5.74) is 10.8. The van der Waals surface area contributed by atoms with Crippen molar-refractivity contribution in [1.29, 1.82) is 0 Å². The fourth-order valence-corrected chi connectivity index (χ4v) is 17.3. The molecular weight excluding hydrogens is 559 g/mol. The average molecular weight is 599 g/mol. The minimum Gasteiger partial charge on any atom is -0.408 e. The number of rotatable bonds is 8. The van der Waals surface area contributed by atoms with Gasteiger partial charge in [0.25, 0.3) is 6.03 Å². The number of carbonyl (C=O) groups is 2. The number of hydrogen-bond donors (Lipinski definition) is 2. The van der Waals surface area contributed by atoms with Gasteiger partial charge in [0.1, 0.15) is 15.9 Å². The third-order valence-corrected chi connectivity index (χ3v) is 19.4. The van der Waals surface area contributed by atoms with E-state index in [0.717, 1.165) is 35.1 Å². The van der Waals surface area contributed by atoms with E-state index in [-0.39, 0.29) is 23.1 Å². The average Bonchev–Trinajstić information content (AvgIpc) is 3.37. The Morgan fingerprint density at radius 2 is 1.42 bits per heavy atom. The van der Waals surface area contributed by atoms with E-state index in [1.165, 1.54) is 27.8 Å². The largest absolute Gasteiger partial charge is 0.408 e. The van der Waals surface area contributed by atoms with Crippen LogP contribution in [-0.4, -0.2) is 33.0 Å². The molecule has 0 saturated carbocycles. The molecule has 1 atom stereocenters. The fourth-order valence-electron chi connectivity index (χ4n) is 6.88. The lowest BCUT2D eigenvalue weighted by molar-refractivity contribution is 0.256. The Balaban J connectivity index is 1.45. The van der Waals surface area contributed by atoms with Gasteiger partial charge in [0, 0.05) is 0 Å². The molecular formula is C36H39BN2O2Si2. The highest BCUT2D eigenvalue weighted by Crippen LogP contribution is 2.44. The summed E-state index contributed by atoms with van der Waals surface area (Å²) in [6.07, 6.45) is 4.20. The minimum absolute atomic E-state index is 0.0400. The molecule has 2 aliphatic rings. The zero-order valence-electron chi connectivity index (χ0n) is 25.7. The maximum atomic E-state index is 14.1. The van der Waals surface area contributed by atoms with Crippen LogP contribution in [0, 0.1) is 0 Å². The van der Waals surface area contributed by atoms with Gasteiger partial charge >= 0.3 is 0 Å². The molecule has 0 radical (unpaired) electrons. The van der Waals surface area contributed by atoms with Crippen molar-refractivity contribution in [3.8, 4) is 33.4 Å². The maximum Gasteiger partial charge on any atom is 0.254 e. The fraction of sp³-hybridized carbons (Fsp3) is 0.222. The van der Waals surface area contributed by atoms with Gasteiger partial charge in [-0.3, -0.25) is 9.59 Å². The van der Waals surface area contributed by atoms with Crippen molar-refractivity contribution in [3.05, 3.63) is 114 Å². The van der Waals surface area contributed by atoms with E-state index in [1.54, 1.807) is 0 Å². The molecule has 1 saturated heterocycles. The molecule has 2 N–H and O–H groups in total. The van der Waals surface area contributed by atoms with Crippen LogP contribution in [0.2, 0.25) is 26.2 Å². The predicted octanol–water partition coefficient (Wildman–Crippen LogP) is 9.09. The number of hydrogen-bond acceptors (Lipinski definition) is 2. The highest BCUT2D eigenvalue weighted by atomic mass is 28.4. The van der Waals surface area contributed by atoms with E-state index >= 15 is 0 Å². The van der Waals surface area contributed by atoms with Crippen LogP contribution in [0.15, 0.2) is 103 Å². The second-order valence-corrected chi connectivity index (χ2v) is 22.6. The summed E-state index contributed by atoms with van der Waals surface area (Å²) in [5, 5.41) is 6.66. The smallest absolute Gasteiger partial charge is 0.254 e. The molecule has 6 rings (SSSR count). The lowest BCUT2D eigenvalue weighted by atomic mass is 9.88. The Morgan fingerprint density at radius 1 is 0.837 bits per heavy atom. The first-order valence-corrected chi connectivity index (χ1v) is 21.5. The van der Waals surface area contributed by atoms with Gasteiger partial charge in [-0.25, -0.2) is 0 Å². The van der Waals surface area contributed by atoms with Crippen LogP contribution in [0.25, 0.3) is 39.5 Å². The summed E-state index contributed by atoms with van der Waals surface area (Å²) in [7, 11) is -4.64. The second-order valence-electron chi connectivity index (χ2n) is 13.1. The third-order valence-electron chi connectivity index (χ3n) is 9.30. The van der Waals surface area contributed by atoms with Crippen molar-refractivity contribution in [1.82, 2.24) is 10.5 Å². The Kier molecular flexibility index (Phi) is 7.65. The first-order chi connectivity index (χ1) is 20.6. The van der Waals surface area contributed by atoms with Gasteiger partial charge in [-0.05, 0) is 74.7 Å². The molecule has 1 unspecified atom stereocenters. The van der Waals surface area contributed by atoms with Crippen molar-refractivity contribution in [2.24, 2.45) is 0 Å². The molecule has 0 aromatic heterocycles. The number of amides is 2. The van der Waals surface area contributed by atoms with Gasteiger partial charge < -0.3 is 10.5 Å². The first-order valence-electron chi connectivity index (χ1n) is 15.3. The number of benzene rings is 4. The van der Waals surface area contributed by atoms with Crippen LogP contribution >= 0.6 is 0 Å². The molecule has 0 spiro atoms. The van der Waals surface area contributed by atoms with E-state index in [2.05, 4.69) is 135 Å². The topological polar surface area (TPSA) is 58.2 Å². The molecule has 43 heavy (non-hydrogen) atoms. The Bertz CT molecular complexity index is 1680. The lowest BCUT2D eigenvalue weighted by Gasteiger charge is -2.46. The zero-order chi connectivity index (χ0) is 30.4. The first kappa shape index (κ1) is 29.1. The molecule has 1 aliphatic carbocycles. The normalized spacial score (nSPS) is 17.0. The van der Waals surface area contributed by atoms with Crippen LogP contribution in [0.4, 0.5) is 9.59 Å². The molecule has 4 aromatic rings. The summed E-state index contributed by atoms with van der Waals surface area (Å²) in [6, 6.07) is 34.2. The summed E-state index contributed by atoms with van der Waals surface area (Å²) < 4.78 is 0. The molecule has 2 amide bonds. The van der Waals surface area contributed by atoms with Gasteiger partial charge in [-0.2, -0.15) is 0 Å². The predicted molar refractivity (Wildman–Crippen MR) is 186 cm³/mol. The lowest BCUT2D eigenvalue weighted by Crippen LogP contribution is -2.87. The quantitative estimate of drug-likeness (QED) is 0.199. The maximum absolute atomic E-state index is 14.1. The van der Waals surface area contributed by atoms with Crippen molar-refractivity contribution in [2.45, 2.75) is 52.0 Å². The second kappa shape index (κ2) is 11.3. The Hall–Kier alpha value is -3.94. The summed E-state index contributed by atoms with van der Waals surface area (Å²) in [6.45, 7) is 10.6. The van der Waals surface area contributed by atoms with Crippen LogP contribution in [0.5, 0.6) is 0 Å². The molecule has 1 aliphatic heterocycles. The van der Waals surface area contributed by atoms with Crippen LogP contribution in [0.1, 0.15) is 36.9 Å². The summed E-state index contributed by atoms with van der Waals surface area (Å²) >= 11 is 0. The van der Waals surface area contributed by atoms with E-state index < -0.39 is 15.9 Å². The Morgan fingerprint density at radius 3 is 1.95 bits per heavy atom. The zero-order valence-corrected chi connectivity index (χ0v) is 27.7. The minimum atomic E-state index is -2.49. The van der Waals surface area contributed by atoms with Crippen LogP contribution < -0.4 is 10.5 Å². The van der Waals surface area contributed by atoms with Gasteiger partial charge in [0.05, 0.1) is 6.04 Å². The molecule has 7 heteroatoms. The van der Waals surface area contributed by atoms with E-state index in [1.807, 2.05) is 12.1 Å². The van der Waals surface area contributed by atoms with Crippen molar-refractivity contribution < 1.29 is 9.59 Å². The van der Waals surface area contributed by atoms with Crippen molar-refractivity contribution in [3.63, 3.8) is 0 Å². The van der Waals surface area contributed by atoms with Crippen LogP contribution in [-0.2, 0) is 0 Å². The molecule has 1 fully saturated rings. The van der Waals surface area contributed by atoms with Crippen molar-refractivity contribution >= 4 is 39.1 Å². The Labute approximate surface area is 257 Å². The molecule has 216 valence electrons. The summed E-state index contributed by atoms with van der Waals surface area (Å²) in [5.74, 6) is 0. The summed E-state index contributed by atoms with van der Waals surface area (Å²) in [4.78, 5) is 26.5. The number of fused-ring (bicyclic) bond motifs is 1. The molecule has 4 aromatic carbocycles. The van der Waals surface area contributed by atoms with Crippen molar-refractivity contribution in [2.75, 3.05) is 0 Å². The molecule has 0 bridgehead atoms. The van der Waals surface area contributed by atoms with Gasteiger partial charge in [-0.15, -0.1) is 0 Å². The third kappa shape index (κ3) is 5.25. The highest BCUT2D eigenvalue weighted by Gasteiger charge is 2.63. The van der Waals surface area contributed by atoms with E-state index in [0.29, 0.717) is 0 Å². The molecule has 1 heterocycles. The standard InChI is InChI=1S/C36H39BN2O2Si2/c1-6-14-28-21-27-19-13-20-32(33(27)34(28)38-35(40)42(2,3)37-39-36(41)43(37,4)5)31-23-29(25-15-9-7-10-16-25)22-30(24-31)26-17-11-8-12-18-26/h7-13,15-24,34H,6,14H2,1-5H3,(H,38,40)(H,39,41). The highest BCUT2D eigenvalue weighted by molar-refractivity contribution is 7.75. The van der Waals surface area contributed by atoms with Gasteiger partial charge in [0.2, 0.25) is 0 Å². The monoisotopic (exact) mass is 598 g/mol. The SMILES string of the molecule is CCCC1=Cc2cccc(-c3cc(-c4ccccc4)cc(-c4ccccc4)c3)c2C1NC(=O)[Si](C)(C)B1NC(=O)[Si]1(C)C. The number of carbonyl (C=O) groups excluding carboxylic acids is 2. The van der Waals surface area contributed by atoms with E-state index in [4.69, 9.17) is 0 Å². The van der Waals surface area contributed by atoms with Gasteiger partial charge in [-0.1, -0.05) is 124 Å². The van der Waals surface area contributed by atoms with Gasteiger partial charge in [0.15, 0.2) is 11.1 Å². The van der Waals surface area contributed by atoms with Crippen LogP contribution in [0.3, 0.4) is 0 Å². The molecule has 4 nitrogen and oxygen atoms in total. The number of nitrogens with one attached hydrogen (secondary N) is 2. The van der Waals surface area contributed by atoms with E-state index in [9.17, 15) is 9.59 Å².